The Kier molecular flexibility index (Phi) is 7.54. The maximum Gasteiger partial charge on any atom is 0.307 e. The number of methoxy groups -OCH3 is 1. The molecule has 0 saturated carbocycles. The zero-order valence-electron chi connectivity index (χ0n) is 16.6. The molecule has 2 fully saturated rings. The molecule has 9 nitrogen and oxygen atoms in total. The van der Waals surface area contributed by atoms with Crippen molar-refractivity contribution in [3.05, 3.63) is 30.1 Å². The topological polar surface area (TPSA) is 98.3 Å². The van der Waals surface area contributed by atoms with Gasteiger partial charge in [0.25, 0.3) is 0 Å². The first-order chi connectivity index (χ1) is 14.1. The molecule has 0 aromatic carbocycles. The van der Waals surface area contributed by atoms with E-state index in [0.29, 0.717) is 39.3 Å². The number of aromatic nitrogens is 1. The van der Waals surface area contributed by atoms with E-state index < -0.39 is 0 Å². The summed E-state index contributed by atoms with van der Waals surface area (Å²) in [6, 6.07) is 3.71. The summed E-state index contributed by atoms with van der Waals surface area (Å²) in [6.07, 6.45) is 3.78. The van der Waals surface area contributed by atoms with Gasteiger partial charge in [0.05, 0.1) is 45.3 Å². The number of hydrogen-bond acceptors (Lipinski definition) is 7. The summed E-state index contributed by atoms with van der Waals surface area (Å²) in [5, 5.41) is 0. The Balaban J connectivity index is 1.68. The fourth-order valence-corrected chi connectivity index (χ4v) is 3.48. The van der Waals surface area contributed by atoms with Crippen molar-refractivity contribution in [3.63, 3.8) is 0 Å². The predicted molar refractivity (Wildman–Crippen MR) is 102 cm³/mol. The highest BCUT2D eigenvalue weighted by Gasteiger charge is 2.35. The molecule has 2 aliphatic rings. The van der Waals surface area contributed by atoms with Gasteiger partial charge in [-0.15, -0.1) is 0 Å². The molecule has 29 heavy (non-hydrogen) atoms. The first kappa shape index (κ1) is 21.2. The van der Waals surface area contributed by atoms with Crippen molar-refractivity contribution in [2.75, 3.05) is 46.5 Å². The Morgan fingerprint density at radius 3 is 2.76 bits per heavy atom. The normalized spacial score (nSPS) is 22.4. The van der Waals surface area contributed by atoms with Gasteiger partial charge >= 0.3 is 5.97 Å². The number of hydrogen-bond donors (Lipinski definition) is 0. The third-order valence-corrected chi connectivity index (χ3v) is 5.17. The zero-order chi connectivity index (χ0) is 20.6. The van der Waals surface area contributed by atoms with Crippen molar-refractivity contribution in [2.45, 2.75) is 25.6 Å². The number of carbonyl (C=O) groups is 3. The molecular weight excluding hydrogens is 378 g/mol. The van der Waals surface area contributed by atoms with Crippen LogP contribution in [0.1, 0.15) is 18.4 Å². The van der Waals surface area contributed by atoms with E-state index in [1.54, 1.807) is 22.2 Å². The summed E-state index contributed by atoms with van der Waals surface area (Å²) < 4.78 is 16.0. The van der Waals surface area contributed by atoms with Gasteiger partial charge in [-0.25, -0.2) is 0 Å². The Bertz CT molecular complexity index is 707. The monoisotopic (exact) mass is 405 g/mol. The molecule has 3 heterocycles. The van der Waals surface area contributed by atoms with Gasteiger partial charge in [0, 0.05) is 38.6 Å². The van der Waals surface area contributed by atoms with Crippen LogP contribution >= 0.6 is 0 Å². The number of ether oxygens (including phenoxy) is 3. The van der Waals surface area contributed by atoms with Gasteiger partial charge in [0.2, 0.25) is 11.8 Å². The first-order valence-electron chi connectivity index (χ1n) is 9.78. The molecule has 0 unspecified atom stereocenters. The lowest BCUT2D eigenvalue weighted by atomic mass is 10.1. The zero-order valence-corrected chi connectivity index (χ0v) is 16.6. The van der Waals surface area contributed by atoms with E-state index in [0.717, 1.165) is 5.56 Å². The molecular formula is C20H27N3O6. The van der Waals surface area contributed by atoms with Crippen LogP contribution in [0, 0.1) is 5.92 Å². The molecule has 3 rings (SSSR count). The van der Waals surface area contributed by atoms with Crippen LogP contribution in [-0.4, -0.2) is 85.2 Å². The van der Waals surface area contributed by atoms with Gasteiger partial charge in [-0.3, -0.25) is 19.4 Å². The van der Waals surface area contributed by atoms with Crippen LogP contribution in [0.4, 0.5) is 0 Å². The summed E-state index contributed by atoms with van der Waals surface area (Å²) in [5.41, 5.74) is 0.957. The van der Waals surface area contributed by atoms with Gasteiger partial charge in [-0.05, 0) is 24.1 Å². The summed E-state index contributed by atoms with van der Waals surface area (Å²) in [6.45, 7) is 2.14. The molecule has 0 spiro atoms. The standard InChI is InChI=1S/C20H27N3O6/c1-27-19(25)4-8-22-10-17(29-13-15-2-6-21-7-3-15)11-23(12-18(22)24)20(26)16-5-9-28-14-16/h2-3,6-7,16-17H,4-5,8-14H2,1H3/t16-,17+/m1/s1. The van der Waals surface area contributed by atoms with E-state index in [9.17, 15) is 14.4 Å². The van der Waals surface area contributed by atoms with Gasteiger partial charge in [-0.2, -0.15) is 0 Å². The van der Waals surface area contributed by atoms with Crippen LogP contribution in [0.25, 0.3) is 0 Å². The smallest absolute Gasteiger partial charge is 0.307 e. The van der Waals surface area contributed by atoms with Crippen molar-refractivity contribution < 1.29 is 28.6 Å². The third-order valence-electron chi connectivity index (χ3n) is 5.17. The summed E-state index contributed by atoms with van der Waals surface area (Å²) in [5.74, 6) is -0.878. The van der Waals surface area contributed by atoms with Crippen molar-refractivity contribution in [1.82, 2.24) is 14.8 Å². The second kappa shape index (κ2) is 10.3. The molecule has 1 aromatic rings. The van der Waals surface area contributed by atoms with Crippen LogP contribution in [0.15, 0.2) is 24.5 Å². The SMILES string of the molecule is COC(=O)CCN1C[C@H](OCc2ccncc2)CN(C(=O)[C@@H]2CCOC2)CC1=O. The molecule has 158 valence electrons. The average molecular weight is 405 g/mol. The number of rotatable bonds is 7. The van der Waals surface area contributed by atoms with Gasteiger partial charge < -0.3 is 24.0 Å². The molecule has 2 amide bonds. The lowest BCUT2D eigenvalue weighted by Crippen LogP contribution is -2.43. The Labute approximate surface area is 169 Å². The number of esters is 1. The Hall–Kier alpha value is -2.52. The molecule has 0 aliphatic carbocycles. The highest BCUT2D eigenvalue weighted by Crippen LogP contribution is 2.19. The lowest BCUT2D eigenvalue weighted by Gasteiger charge is -2.25. The molecule has 9 heteroatoms. The van der Waals surface area contributed by atoms with Crippen LogP contribution in [0.5, 0.6) is 0 Å². The minimum Gasteiger partial charge on any atom is -0.469 e. The van der Waals surface area contributed by atoms with E-state index in [1.165, 1.54) is 7.11 Å². The first-order valence-corrected chi connectivity index (χ1v) is 9.78. The second-order valence-corrected chi connectivity index (χ2v) is 7.23. The third kappa shape index (κ3) is 5.98. The average Bonchev–Trinajstić information content (AvgIpc) is 3.23. The fraction of sp³-hybridized carbons (Fsp3) is 0.600. The van der Waals surface area contributed by atoms with Crippen molar-refractivity contribution in [3.8, 4) is 0 Å². The maximum atomic E-state index is 12.9. The predicted octanol–water partition coefficient (Wildman–Crippen LogP) is 0.237. The number of pyridine rings is 1. The van der Waals surface area contributed by atoms with Crippen LogP contribution in [0.2, 0.25) is 0 Å². The van der Waals surface area contributed by atoms with Crippen molar-refractivity contribution in [1.29, 1.82) is 0 Å². The highest BCUT2D eigenvalue weighted by molar-refractivity contribution is 5.87. The van der Waals surface area contributed by atoms with Crippen molar-refractivity contribution >= 4 is 17.8 Å². The molecule has 0 radical (unpaired) electrons. The van der Waals surface area contributed by atoms with Gasteiger partial charge in [0.1, 0.15) is 0 Å². The van der Waals surface area contributed by atoms with Crippen molar-refractivity contribution in [2.24, 2.45) is 5.92 Å². The Morgan fingerprint density at radius 1 is 1.28 bits per heavy atom. The van der Waals surface area contributed by atoms with E-state index in [2.05, 4.69) is 9.72 Å². The van der Waals surface area contributed by atoms with Crippen LogP contribution < -0.4 is 0 Å². The van der Waals surface area contributed by atoms with Crippen LogP contribution in [-0.2, 0) is 35.2 Å². The highest BCUT2D eigenvalue weighted by atomic mass is 16.5. The van der Waals surface area contributed by atoms with Crippen LogP contribution in [0.3, 0.4) is 0 Å². The molecule has 2 atom stereocenters. The molecule has 0 N–H and O–H groups in total. The molecule has 0 bridgehead atoms. The number of amides is 2. The summed E-state index contributed by atoms with van der Waals surface area (Å²) in [7, 11) is 1.32. The molecule has 2 saturated heterocycles. The minimum absolute atomic E-state index is 0.0222. The number of nitrogens with zero attached hydrogens (tertiary/aromatic N) is 3. The molecule has 2 aliphatic heterocycles. The summed E-state index contributed by atoms with van der Waals surface area (Å²) >= 11 is 0. The Morgan fingerprint density at radius 2 is 2.07 bits per heavy atom. The van der Waals surface area contributed by atoms with E-state index in [4.69, 9.17) is 9.47 Å². The summed E-state index contributed by atoms with van der Waals surface area (Å²) in [4.78, 5) is 44.3. The molecule has 1 aromatic heterocycles. The minimum atomic E-state index is -0.382. The maximum absolute atomic E-state index is 12.9. The van der Waals surface area contributed by atoms with E-state index in [-0.39, 0.29) is 49.3 Å². The largest absolute Gasteiger partial charge is 0.469 e. The quantitative estimate of drug-likeness (QED) is 0.599. The second-order valence-electron chi connectivity index (χ2n) is 7.23. The lowest BCUT2D eigenvalue weighted by molar-refractivity contribution is -0.143. The number of carbonyl (C=O) groups excluding carboxylic acids is 3. The van der Waals surface area contributed by atoms with E-state index >= 15 is 0 Å². The van der Waals surface area contributed by atoms with Gasteiger partial charge in [0.15, 0.2) is 0 Å². The fourth-order valence-electron chi connectivity index (χ4n) is 3.48. The van der Waals surface area contributed by atoms with E-state index in [1.807, 2.05) is 12.1 Å². The van der Waals surface area contributed by atoms with Gasteiger partial charge in [-0.1, -0.05) is 0 Å².